The number of carbonyl (C=O) groups is 2. The summed E-state index contributed by atoms with van der Waals surface area (Å²) in [6, 6.07) is 0. The molecule has 0 aromatic carbocycles. The van der Waals surface area contributed by atoms with E-state index in [1.807, 2.05) is 13.8 Å². The van der Waals surface area contributed by atoms with Crippen molar-refractivity contribution < 1.29 is 24.2 Å². The predicted octanol–water partition coefficient (Wildman–Crippen LogP) is 4.86. The highest BCUT2D eigenvalue weighted by atomic mass is 16.5. The number of likely N-dealkylation sites (N-methyl/N-ethyl adjacent to an activating group) is 1. The van der Waals surface area contributed by atoms with Crippen LogP contribution < -0.4 is 0 Å². The fourth-order valence-corrected chi connectivity index (χ4v) is 9.45. The van der Waals surface area contributed by atoms with Gasteiger partial charge in [0.15, 0.2) is 0 Å². The van der Waals surface area contributed by atoms with Crippen molar-refractivity contribution in [2.24, 2.45) is 40.4 Å². The van der Waals surface area contributed by atoms with Gasteiger partial charge in [0.1, 0.15) is 11.9 Å². The molecule has 6 nitrogen and oxygen atoms in total. The molecule has 0 aliphatic heterocycles. The number of nitrogens with zero attached hydrogens (tertiary/aromatic N) is 1. The summed E-state index contributed by atoms with van der Waals surface area (Å²) in [6.07, 6.45) is 5.84. The van der Waals surface area contributed by atoms with E-state index in [9.17, 15) is 14.7 Å². The monoisotopic (exact) mass is 505 g/mol. The number of rotatable bonds is 8. The SMILES string of the molecule is CCN(CC)CC(=O)O[C@H]1C[C@]2(C)[C@@H](C(C)=O)CC[C@H]2[C@@H]2CC[C@H]3C[C@H](O)[C@@H](OC(C)C)C[C@]3(C)[C@H]21. The van der Waals surface area contributed by atoms with E-state index in [-0.39, 0.29) is 52.7 Å². The number of hydrogen-bond donors (Lipinski definition) is 1. The molecular formula is C30H51NO5. The summed E-state index contributed by atoms with van der Waals surface area (Å²) in [5.74, 6) is 1.78. The quantitative estimate of drug-likeness (QED) is 0.475. The third kappa shape index (κ3) is 4.91. The fraction of sp³-hybridized carbons (Fsp3) is 0.933. The number of ether oxygens (including phenoxy) is 2. The minimum absolute atomic E-state index is 0.0580. The summed E-state index contributed by atoms with van der Waals surface area (Å²) < 4.78 is 12.7. The summed E-state index contributed by atoms with van der Waals surface area (Å²) >= 11 is 0. The van der Waals surface area contributed by atoms with E-state index in [0.717, 1.165) is 58.0 Å². The number of aliphatic hydroxyl groups excluding tert-OH is 1. The molecule has 4 aliphatic carbocycles. The van der Waals surface area contributed by atoms with Crippen molar-refractivity contribution in [3.05, 3.63) is 0 Å². The van der Waals surface area contributed by atoms with Gasteiger partial charge in [-0.15, -0.1) is 0 Å². The van der Waals surface area contributed by atoms with Gasteiger partial charge in [-0.1, -0.05) is 27.7 Å². The maximum atomic E-state index is 13.3. The van der Waals surface area contributed by atoms with Gasteiger partial charge in [0.2, 0.25) is 0 Å². The van der Waals surface area contributed by atoms with Gasteiger partial charge >= 0.3 is 5.97 Å². The van der Waals surface area contributed by atoms with Crippen molar-refractivity contribution in [1.29, 1.82) is 0 Å². The minimum atomic E-state index is -0.437. The molecule has 4 fully saturated rings. The van der Waals surface area contributed by atoms with Crippen molar-refractivity contribution >= 4 is 11.8 Å². The molecule has 0 aromatic rings. The van der Waals surface area contributed by atoms with Gasteiger partial charge in [-0.3, -0.25) is 14.5 Å². The molecule has 0 aromatic heterocycles. The van der Waals surface area contributed by atoms with E-state index in [1.165, 1.54) is 0 Å². The lowest BCUT2D eigenvalue weighted by atomic mass is 9.43. The highest BCUT2D eigenvalue weighted by Gasteiger charge is 2.65. The molecular weight excluding hydrogens is 454 g/mol. The Labute approximate surface area is 218 Å². The molecule has 10 atom stereocenters. The molecule has 0 unspecified atom stereocenters. The third-order valence-corrected chi connectivity index (χ3v) is 11.0. The Kier molecular flexibility index (Phi) is 8.29. The summed E-state index contributed by atoms with van der Waals surface area (Å²) in [5, 5.41) is 11.0. The summed E-state index contributed by atoms with van der Waals surface area (Å²) in [4.78, 5) is 28.1. The van der Waals surface area contributed by atoms with E-state index >= 15 is 0 Å². The Morgan fingerprint density at radius 2 is 1.67 bits per heavy atom. The molecule has 0 amide bonds. The lowest BCUT2D eigenvalue weighted by Gasteiger charge is -2.63. The maximum absolute atomic E-state index is 13.3. The van der Waals surface area contributed by atoms with Crippen LogP contribution in [0.15, 0.2) is 0 Å². The number of Topliss-reactive ketones (excluding diaryl/α,β-unsaturated/α-hetero) is 1. The number of carbonyl (C=O) groups excluding carboxylic acids is 2. The highest BCUT2D eigenvalue weighted by molar-refractivity contribution is 5.79. The van der Waals surface area contributed by atoms with Crippen LogP contribution >= 0.6 is 0 Å². The van der Waals surface area contributed by atoms with Gasteiger partial charge in [-0.05, 0) is 107 Å². The normalized spacial score (nSPS) is 44.2. The summed E-state index contributed by atoms with van der Waals surface area (Å²) in [5.41, 5.74) is -0.171. The van der Waals surface area contributed by atoms with Crippen LogP contribution in [0, 0.1) is 40.4 Å². The van der Waals surface area contributed by atoms with Crippen LogP contribution in [-0.2, 0) is 19.1 Å². The molecule has 206 valence electrons. The standard InChI is InChI=1S/C30H51NO5/c1-8-31(9-2)17-27(34)36-26-16-30(7)22(19(5)32)12-13-23(30)21-11-10-20-14-24(33)25(35-18(3)4)15-29(20,6)28(21)26/h18,20-26,28,33H,8-17H2,1-7H3/t20-,21-,22+,23-,24-,25-,26-,28+,29-,30+/m0/s1. The third-order valence-electron chi connectivity index (χ3n) is 11.0. The molecule has 0 radical (unpaired) electrons. The first kappa shape index (κ1) is 28.0. The molecule has 1 N–H and O–H groups in total. The molecule has 0 spiro atoms. The predicted molar refractivity (Wildman–Crippen MR) is 140 cm³/mol. The number of ketones is 1. The van der Waals surface area contributed by atoms with E-state index in [1.54, 1.807) is 6.92 Å². The molecule has 4 rings (SSSR count). The van der Waals surface area contributed by atoms with Gasteiger partial charge in [0, 0.05) is 11.8 Å². The molecule has 4 saturated carbocycles. The van der Waals surface area contributed by atoms with Gasteiger partial charge in [-0.25, -0.2) is 0 Å². The van der Waals surface area contributed by atoms with E-state index in [4.69, 9.17) is 9.47 Å². The van der Waals surface area contributed by atoms with Crippen molar-refractivity contribution in [3.8, 4) is 0 Å². The van der Waals surface area contributed by atoms with Crippen LogP contribution in [0.3, 0.4) is 0 Å². The Hall–Kier alpha value is -0.980. The van der Waals surface area contributed by atoms with Gasteiger partial charge < -0.3 is 14.6 Å². The van der Waals surface area contributed by atoms with Crippen molar-refractivity contribution in [2.75, 3.05) is 19.6 Å². The first-order valence-electron chi connectivity index (χ1n) is 14.7. The zero-order valence-corrected chi connectivity index (χ0v) is 23.8. The number of hydrogen-bond acceptors (Lipinski definition) is 6. The van der Waals surface area contributed by atoms with Crippen LogP contribution in [0.5, 0.6) is 0 Å². The minimum Gasteiger partial charge on any atom is -0.461 e. The Morgan fingerprint density at radius 1 is 1.00 bits per heavy atom. The second-order valence-corrected chi connectivity index (χ2v) is 13.2. The lowest BCUT2D eigenvalue weighted by molar-refractivity contribution is -0.217. The number of esters is 1. The van der Waals surface area contributed by atoms with E-state index < -0.39 is 6.10 Å². The van der Waals surface area contributed by atoms with Crippen LogP contribution in [-0.4, -0.2) is 65.8 Å². The molecule has 0 saturated heterocycles. The molecule has 4 aliphatic rings. The maximum Gasteiger partial charge on any atom is 0.320 e. The van der Waals surface area contributed by atoms with Gasteiger partial charge in [-0.2, -0.15) is 0 Å². The second-order valence-electron chi connectivity index (χ2n) is 13.2. The zero-order chi connectivity index (χ0) is 26.4. The van der Waals surface area contributed by atoms with Crippen molar-refractivity contribution in [2.45, 2.75) is 118 Å². The number of aliphatic hydroxyl groups is 1. The first-order chi connectivity index (χ1) is 16.9. The second kappa shape index (κ2) is 10.6. The Bertz CT molecular complexity index is 811. The average Bonchev–Trinajstić information content (AvgIpc) is 3.14. The molecule has 36 heavy (non-hydrogen) atoms. The smallest absolute Gasteiger partial charge is 0.320 e. The Balaban J connectivity index is 1.68. The van der Waals surface area contributed by atoms with E-state index in [0.29, 0.717) is 24.3 Å². The summed E-state index contributed by atoms with van der Waals surface area (Å²) in [6.45, 7) is 16.6. The van der Waals surface area contributed by atoms with Crippen LogP contribution in [0.2, 0.25) is 0 Å². The fourth-order valence-electron chi connectivity index (χ4n) is 9.45. The van der Waals surface area contributed by atoms with E-state index in [2.05, 4.69) is 32.6 Å². The van der Waals surface area contributed by atoms with Gasteiger partial charge in [0.05, 0.1) is 24.9 Å². The van der Waals surface area contributed by atoms with Crippen molar-refractivity contribution in [3.63, 3.8) is 0 Å². The largest absolute Gasteiger partial charge is 0.461 e. The Morgan fingerprint density at radius 3 is 2.28 bits per heavy atom. The average molecular weight is 506 g/mol. The van der Waals surface area contributed by atoms with Crippen LogP contribution in [0.1, 0.15) is 93.4 Å². The van der Waals surface area contributed by atoms with Crippen molar-refractivity contribution in [1.82, 2.24) is 4.90 Å². The highest BCUT2D eigenvalue weighted by Crippen LogP contribution is 2.68. The van der Waals surface area contributed by atoms with Gasteiger partial charge in [0.25, 0.3) is 0 Å². The van der Waals surface area contributed by atoms with Crippen LogP contribution in [0.4, 0.5) is 0 Å². The molecule has 0 bridgehead atoms. The molecule has 0 heterocycles. The topological polar surface area (TPSA) is 76.1 Å². The zero-order valence-electron chi connectivity index (χ0n) is 23.8. The first-order valence-corrected chi connectivity index (χ1v) is 14.7. The lowest BCUT2D eigenvalue weighted by Crippen LogP contribution is -2.62. The number of fused-ring (bicyclic) bond motifs is 5. The van der Waals surface area contributed by atoms with Crippen LogP contribution in [0.25, 0.3) is 0 Å². The molecule has 6 heteroatoms. The summed E-state index contributed by atoms with van der Waals surface area (Å²) in [7, 11) is 0.